The van der Waals surface area contributed by atoms with Crippen molar-refractivity contribution in [1.29, 1.82) is 0 Å². The Morgan fingerprint density at radius 1 is 1.16 bits per heavy atom. The summed E-state index contributed by atoms with van der Waals surface area (Å²) in [6, 6.07) is 8.90. The Hall–Kier alpha value is -1.82. The molecule has 2 aromatic rings. The molecule has 102 valence electrons. The Balaban J connectivity index is 2.06. The van der Waals surface area contributed by atoms with Crippen molar-refractivity contribution in [3.63, 3.8) is 0 Å². The zero-order valence-electron chi connectivity index (χ0n) is 10.1. The number of hydrogen-bond acceptors (Lipinski definition) is 2. The molecule has 6 heteroatoms. The van der Waals surface area contributed by atoms with Crippen LogP contribution in [0.4, 0.5) is 13.2 Å². The topological polar surface area (TPSA) is 34.0 Å². The summed E-state index contributed by atoms with van der Waals surface area (Å²) in [6.07, 6.45) is -2.63. The largest absolute Gasteiger partial charge is 0.401 e. The van der Waals surface area contributed by atoms with Gasteiger partial charge in [0.05, 0.1) is 6.54 Å². The molecule has 1 heterocycles. The highest BCUT2D eigenvalue weighted by Gasteiger charge is 2.25. The van der Waals surface area contributed by atoms with Crippen molar-refractivity contribution >= 4 is 10.8 Å². The van der Waals surface area contributed by atoms with Gasteiger partial charge in [-0.1, -0.05) is 18.2 Å². The van der Waals surface area contributed by atoms with E-state index < -0.39 is 12.7 Å². The number of halogens is 3. The summed E-state index contributed by atoms with van der Waals surface area (Å²) < 4.78 is 37.2. The molecule has 1 N–H and O–H groups in total. The Bertz CT molecular complexity index is 619. The highest BCUT2D eigenvalue weighted by molar-refractivity contribution is 5.81. The monoisotopic (exact) mass is 270 g/mol. The predicted octanol–water partition coefficient (Wildman–Crippen LogP) is 2.15. The van der Waals surface area contributed by atoms with Crippen LogP contribution in [-0.4, -0.2) is 23.8 Å². The number of nitrogens with one attached hydrogen (secondary N) is 1. The Labute approximate surface area is 107 Å². The van der Waals surface area contributed by atoms with Crippen LogP contribution in [0, 0.1) is 0 Å². The van der Waals surface area contributed by atoms with E-state index in [0.29, 0.717) is 5.39 Å². The minimum atomic E-state index is -4.23. The van der Waals surface area contributed by atoms with Gasteiger partial charge in [-0.05, 0) is 17.5 Å². The molecule has 3 nitrogen and oxygen atoms in total. The van der Waals surface area contributed by atoms with E-state index in [-0.39, 0.29) is 18.6 Å². The average Bonchev–Trinajstić information content (AvgIpc) is 2.36. The second-order valence-electron chi connectivity index (χ2n) is 4.19. The van der Waals surface area contributed by atoms with Crippen LogP contribution >= 0.6 is 0 Å². The zero-order chi connectivity index (χ0) is 13.9. The summed E-state index contributed by atoms with van der Waals surface area (Å²) in [5.41, 5.74) is -0.188. The summed E-state index contributed by atoms with van der Waals surface area (Å²) in [6.45, 7) is -0.743. The maximum absolute atomic E-state index is 12.0. The first-order chi connectivity index (χ1) is 8.97. The van der Waals surface area contributed by atoms with Crippen molar-refractivity contribution in [3.05, 3.63) is 46.9 Å². The summed E-state index contributed by atoms with van der Waals surface area (Å²) in [4.78, 5) is 12.0. The van der Waals surface area contributed by atoms with Crippen LogP contribution in [-0.2, 0) is 6.54 Å². The molecular formula is C13H13F3N2O. The summed E-state index contributed by atoms with van der Waals surface area (Å²) >= 11 is 0. The van der Waals surface area contributed by atoms with Crippen LogP contribution in [0.15, 0.2) is 41.3 Å². The molecule has 0 amide bonds. The van der Waals surface area contributed by atoms with E-state index in [0.717, 1.165) is 5.39 Å². The van der Waals surface area contributed by atoms with Crippen LogP contribution in [0.25, 0.3) is 10.8 Å². The number of nitrogens with zero attached hydrogens (tertiary/aromatic N) is 1. The summed E-state index contributed by atoms with van der Waals surface area (Å²) in [5.74, 6) is 0. The van der Waals surface area contributed by atoms with Gasteiger partial charge in [0.15, 0.2) is 0 Å². The van der Waals surface area contributed by atoms with Crippen molar-refractivity contribution in [3.8, 4) is 0 Å². The first-order valence-corrected chi connectivity index (χ1v) is 5.83. The van der Waals surface area contributed by atoms with Gasteiger partial charge in [-0.3, -0.25) is 4.79 Å². The maximum atomic E-state index is 12.0. The second-order valence-corrected chi connectivity index (χ2v) is 4.19. The predicted molar refractivity (Wildman–Crippen MR) is 67.1 cm³/mol. The molecule has 19 heavy (non-hydrogen) atoms. The highest BCUT2D eigenvalue weighted by atomic mass is 19.4. The third-order valence-corrected chi connectivity index (χ3v) is 2.74. The van der Waals surface area contributed by atoms with E-state index in [1.54, 1.807) is 24.4 Å². The van der Waals surface area contributed by atoms with Gasteiger partial charge in [-0.25, -0.2) is 0 Å². The molecule has 1 aromatic heterocycles. The van der Waals surface area contributed by atoms with Gasteiger partial charge in [-0.2, -0.15) is 13.2 Å². The fourth-order valence-corrected chi connectivity index (χ4v) is 1.84. The van der Waals surface area contributed by atoms with Crippen molar-refractivity contribution in [2.24, 2.45) is 0 Å². The van der Waals surface area contributed by atoms with Crippen LogP contribution in [0.2, 0.25) is 0 Å². The SMILES string of the molecule is O=c1c2ccccc2ccn1CCNCC(F)(F)F. The van der Waals surface area contributed by atoms with Crippen LogP contribution in [0.5, 0.6) is 0 Å². The number of aromatic nitrogens is 1. The Morgan fingerprint density at radius 2 is 1.89 bits per heavy atom. The lowest BCUT2D eigenvalue weighted by Gasteiger charge is -2.10. The summed E-state index contributed by atoms with van der Waals surface area (Å²) in [5, 5.41) is 3.66. The molecule has 0 aliphatic rings. The molecule has 0 aliphatic heterocycles. The average molecular weight is 270 g/mol. The third kappa shape index (κ3) is 3.57. The van der Waals surface area contributed by atoms with Crippen LogP contribution in [0.3, 0.4) is 0 Å². The van der Waals surface area contributed by atoms with E-state index in [2.05, 4.69) is 5.32 Å². The van der Waals surface area contributed by atoms with Gasteiger partial charge in [0.25, 0.3) is 5.56 Å². The molecule has 0 fully saturated rings. The fraction of sp³-hybridized carbons (Fsp3) is 0.308. The number of fused-ring (bicyclic) bond motifs is 1. The van der Waals surface area contributed by atoms with Gasteiger partial charge in [-0.15, -0.1) is 0 Å². The van der Waals surface area contributed by atoms with Gasteiger partial charge in [0, 0.05) is 24.7 Å². The van der Waals surface area contributed by atoms with E-state index in [9.17, 15) is 18.0 Å². The lowest BCUT2D eigenvalue weighted by atomic mass is 10.2. The minimum Gasteiger partial charge on any atom is -0.314 e. The lowest BCUT2D eigenvalue weighted by Crippen LogP contribution is -2.33. The van der Waals surface area contributed by atoms with Gasteiger partial charge >= 0.3 is 6.18 Å². The lowest BCUT2D eigenvalue weighted by molar-refractivity contribution is -0.124. The molecule has 0 bridgehead atoms. The maximum Gasteiger partial charge on any atom is 0.401 e. The number of pyridine rings is 1. The van der Waals surface area contributed by atoms with Gasteiger partial charge < -0.3 is 9.88 Å². The van der Waals surface area contributed by atoms with Crippen LogP contribution in [0.1, 0.15) is 0 Å². The van der Waals surface area contributed by atoms with Crippen molar-refractivity contribution in [2.45, 2.75) is 12.7 Å². The second kappa shape index (κ2) is 5.44. The van der Waals surface area contributed by atoms with Crippen molar-refractivity contribution in [1.82, 2.24) is 9.88 Å². The Kier molecular flexibility index (Phi) is 3.90. The minimum absolute atomic E-state index is 0.0950. The number of benzene rings is 1. The van der Waals surface area contributed by atoms with E-state index in [1.807, 2.05) is 12.1 Å². The number of alkyl halides is 3. The molecule has 0 saturated carbocycles. The zero-order valence-corrected chi connectivity index (χ0v) is 10.1. The van der Waals surface area contributed by atoms with E-state index in [1.165, 1.54) is 4.57 Å². The van der Waals surface area contributed by atoms with Gasteiger partial charge in [0.2, 0.25) is 0 Å². The molecule has 0 saturated heterocycles. The molecule has 2 rings (SSSR count). The quantitative estimate of drug-likeness (QED) is 0.864. The molecular weight excluding hydrogens is 257 g/mol. The molecule has 0 atom stereocenters. The van der Waals surface area contributed by atoms with E-state index in [4.69, 9.17) is 0 Å². The smallest absolute Gasteiger partial charge is 0.314 e. The molecule has 1 aromatic carbocycles. The van der Waals surface area contributed by atoms with E-state index >= 15 is 0 Å². The molecule has 0 spiro atoms. The number of hydrogen-bond donors (Lipinski definition) is 1. The normalized spacial score (nSPS) is 11.9. The first-order valence-electron chi connectivity index (χ1n) is 5.83. The Morgan fingerprint density at radius 3 is 2.63 bits per heavy atom. The van der Waals surface area contributed by atoms with Gasteiger partial charge in [0.1, 0.15) is 0 Å². The number of rotatable bonds is 4. The third-order valence-electron chi connectivity index (χ3n) is 2.74. The summed E-state index contributed by atoms with van der Waals surface area (Å²) in [7, 11) is 0. The standard InChI is InChI=1S/C13H13F3N2O/c14-13(15,16)9-17-6-8-18-7-5-10-3-1-2-4-11(10)12(18)19/h1-5,7,17H,6,8-9H2. The highest BCUT2D eigenvalue weighted by Crippen LogP contribution is 2.12. The molecule has 0 unspecified atom stereocenters. The van der Waals surface area contributed by atoms with Crippen molar-refractivity contribution in [2.75, 3.05) is 13.1 Å². The molecule has 0 radical (unpaired) electrons. The van der Waals surface area contributed by atoms with Crippen molar-refractivity contribution < 1.29 is 13.2 Å². The first kappa shape index (κ1) is 13.6. The molecule has 0 aliphatic carbocycles. The van der Waals surface area contributed by atoms with Crippen LogP contribution < -0.4 is 10.9 Å². The fourth-order valence-electron chi connectivity index (χ4n) is 1.84.